The number of β-amino-alcohol motifs (C(OH)–C–C–N with tert-alkyl or cyclic N) is 1. The molecule has 2 amide bonds. The molecule has 5 nitrogen and oxygen atoms in total. The van der Waals surface area contributed by atoms with Crippen molar-refractivity contribution in [2.24, 2.45) is 0 Å². The lowest BCUT2D eigenvalue weighted by molar-refractivity contribution is -0.135. The Hall–Kier alpha value is -1.95. The first kappa shape index (κ1) is 15.4. The Morgan fingerprint density at radius 3 is 2.67 bits per heavy atom. The van der Waals surface area contributed by atoms with E-state index in [0.29, 0.717) is 18.5 Å². The number of benzene rings is 1. The van der Waals surface area contributed by atoms with Gasteiger partial charge in [0.1, 0.15) is 5.82 Å². The number of aliphatic hydroxyl groups is 1. The molecule has 0 saturated carbocycles. The predicted octanol–water partition coefficient (Wildman–Crippen LogP) is 0.927. The Kier molecular flexibility index (Phi) is 4.90. The average Bonchev–Trinajstić information content (AvgIpc) is 2.47. The number of nitrogens with zero attached hydrogens (tertiary/aromatic N) is 1. The molecule has 1 aliphatic rings. The summed E-state index contributed by atoms with van der Waals surface area (Å²) in [6.07, 6.45) is 0.934. The molecule has 0 aromatic heterocycles. The highest BCUT2D eigenvalue weighted by molar-refractivity contribution is 5.96. The summed E-state index contributed by atoms with van der Waals surface area (Å²) in [5, 5.41) is 12.1. The number of nitrogens with one attached hydrogen (secondary N) is 1. The van der Waals surface area contributed by atoms with Gasteiger partial charge in [0.25, 0.3) is 5.91 Å². The van der Waals surface area contributed by atoms with Gasteiger partial charge in [0.15, 0.2) is 0 Å². The Labute approximate surface area is 122 Å². The summed E-state index contributed by atoms with van der Waals surface area (Å²) in [7, 11) is 0. The lowest BCUT2D eigenvalue weighted by atomic mass is 10.0. The van der Waals surface area contributed by atoms with E-state index in [1.54, 1.807) is 4.90 Å². The maximum Gasteiger partial charge on any atom is 0.251 e. The summed E-state index contributed by atoms with van der Waals surface area (Å²) < 4.78 is 12.8. The molecule has 2 N–H and O–H groups in total. The molecule has 1 aliphatic heterocycles. The van der Waals surface area contributed by atoms with Crippen molar-refractivity contribution in [2.75, 3.05) is 13.1 Å². The minimum Gasteiger partial charge on any atom is -0.391 e. The van der Waals surface area contributed by atoms with Gasteiger partial charge in [-0.3, -0.25) is 9.59 Å². The molecule has 6 heteroatoms. The first-order valence-corrected chi connectivity index (χ1v) is 6.98. The Morgan fingerprint density at radius 2 is 2.00 bits per heavy atom. The number of carbonyl (C=O) groups is 2. The second kappa shape index (κ2) is 6.67. The Balaban J connectivity index is 1.88. The topological polar surface area (TPSA) is 69.6 Å². The van der Waals surface area contributed by atoms with Crippen LogP contribution < -0.4 is 5.32 Å². The van der Waals surface area contributed by atoms with Crippen molar-refractivity contribution in [3.63, 3.8) is 0 Å². The van der Waals surface area contributed by atoms with E-state index in [9.17, 15) is 19.1 Å². The van der Waals surface area contributed by atoms with Crippen LogP contribution in [0.5, 0.6) is 0 Å². The summed E-state index contributed by atoms with van der Waals surface area (Å²) in [6, 6.07) is 5.17. The zero-order chi connectivity index (χ0) is 15.4. The Bertz CT molecular complexity index is 518. The number of aliphatic hydroxyl groups excluding tert-OH is 1. The van der Waals surface area contributed by atoms with Gasteiger partial charge in [0, 0.05) is 18.2 Å². The number of piperidine rings is 1. The molecule has 21 heavy (non-hydrogen) atoms. The molecule has 2 unspecified atom stereocenters. The molecule has 1 saturated heterocycles. The smallest absolute Gasteiger partial charge is 0.251 e. The normalized spacial score (nSPS) is 22.0. The molecule has 0 spiro atoms. The molecule has 0 bridgehead atoms. The zero-order valence-electron chi connectivity index (χ0n) is 11.9. The van der Waals surface area contributed by atoms with Gasteiger partial charge in [-0.05, 0) is 44.0 Å². The molecule has 0 aliphatic carbocycles. The highest BCUT2D eigenvalue weighted by atomic mass is 19.1. The van der Waals surface area contributed by atoms with Crippen LogP contribution in [0.3, 0.4) is 0 Å². The van der Waals surface area contributed by atoms with E-state index in [-0.39, 0.29) is 18.5 Å². The van der Waals surface area contributed by atoms with Crippen LogP contribution in [0.2, 0.25) is 0 Å². The lowest BCUT2D eigenvalue weighted by Crippen LogP contribution is -2.50. The summed E-state index contributed by atoms with van der Waals surface area (Å²) in [5.74, 6) is -1.07. The van der Waals surface area contributed by atoms with Crippen molar-refractivity contribution >= 4 is 11.8 Å². The van der Waals surface area contributed by atoms with Gasteiger partial charge in [-0.2, -0.15) is 0 Å². The fourth-order valence-corrected chi connectivity index (χ4v) is 2.40. The molecular formula is C15H19FN2O3. The number of likely N-dealkylation sites (tertiary alicyclic amines) is 1. The van der Waals surface area contributed by atoms with E-state index >= 15 is 0 Å². The number of carbonyl (C=O) groups excluding carboxylic acids is 2. The van der Waals surface area contributed by atoms with Gasteiger partial charge in [-0.15, -0.1) is 0 Å². The van der Waals surface area contributed by atoms with E-state index < -0.39 is 17.8 Å². The minimum absolute atomic E-state index is 0.0589. The van der Waals surface area contributed by atoms with Crippen molar-refractivity contribution in [2.45, 2.75) is 31.9 Å². The molecule has 1 fully saturated rings. The molecule has 114 valence electrons. The molecule has 1 aromatic carbocycles. The predicted molar refractivity (Wildman–Crippen MR) is 75.1 cm³/mol. The molecule has 0 radical (unpaired) electrons. The molecule has 1 aromatic rings. The van der Waals surface area contributed by atoms with Crippen LogP contribution in [-0.2, 0) is 4.79 Å². The van der Waals surface area contributed by atoms with E-state index in [2.05, 4.69) is 5.32 Å². The van der Waals surface area contributed by atoms with Crippen molar-refractivity contribution in [1.29, 1.82) is 0 Å². The second-order valence-electron chi connectivity index (χ2n) is 5.32. The minimum atomic E-state index is -0.502. The van der Waals surface area contributed by atoms with Gasteiger partial charge in [0.2, 0.25) is 5.91 Å². The lowest BCUT2D eigenvalue weighted by Gasteiger charge is -2.36. The van der Waals surface area contributed by atoms with Gasteiger partial charge in [-0.25, -0.2) is 4.39 Å². The third-order valence-corrected chi connectivity index (χ3v) is 3.68. The van der Waals surface area contributed by atoms with E-state index in [1.165, 1.54) is 24.3 Å². The summed E-state index contributed by atoms with van der Waals surface area (Å²) >= 11 is 0. The van der Waals surface area contributed by atoms with Crippen molar-refractivity contribution in [1.82, 2.24) is 10.2 Å². The largest absolute Gasteiger partial charge is 0.391 e. The second-order valence-corrected chi connectivity index (χ2v) is 5.32. The van der Waals surface area contributed by atoms with Gasteiger partial charge < -0.3 is 15.3 Å². The summed E-state index contributed by atoms with van der Waals surface area (Å²) in [4.78, 5) is 25.5. The van der Waals surface area contributed by atoms with Gasteiger partial charge in [-0.1, -0.05) is 0 Å². The van der Waals surface area contributed by atoms with Gasteiger partial charge >= 0.3 is 0 Å². The van der Waals surface area contributed by atoms with Crippen molar-refractivity contribution in [3.05, 3.63) is 35.6 Å². The molecule has 2 rings (SSSR count). The first-order valence-electron chi connectivity index (χ1n) is 6.98. The summed E-state index contributed by atoms with van der Waals surface area (Å²) in [6.45, 7) is 2.09. The number of rotatable bonds is 3. The number of hydrogen-bond donors (Lipinski definition) is 2. The van der Waals surface area contributed by atoms with E-state index in [0.717, 1.165) is 6.42 Å². The fraction of sp³-hybridized carbons (Fsp3) is 0.467. The molecule has 2 atom stereocenters. The van der Waals surface area contributed by atoms with Crippen LogP contribution in [0, 0.1) is 5.82 Å². The van der Waals surface area contributed by atoms with Crippen LogP contribution in [0.15, 0.2) is 24.3 Å². The van der Waals surface area contributed by atoms with Crippen LogP contribution >= 0.6 is 0 Å². The monoisotopic (exact) mass is 294 g/mol. The third kappa shape index (κ3) is 4.01. The van der Waals surface area contributed by atoms with Crippen LogP contribution in [0.1, 0.15) is 30.1 Å². The first-order chi connectivity index (χ1) is 9.97. The van der Waals surface area contributed by atoms with Crippen LogP contribution in [0.25, 0.3) is 0 Å². The average molecular weight is 294 g/mol. The van der Waals surface area contributed by atoms with E-state index in [1.807, 2.05) is 6.92 Å². The zero-order valence-corrected chi connectivity index (χ0v) is 11.9. The molecule has 1 heterocycles. The van der Waals surface area contributed by atoms with Crippen molar-refractivity contribution < 1.29 is 19.1 Å². The van der Waals surface area contributed by atoms with Crippen LogP contribution in [0.4, 0.5) is 4.39 Å². The highest BCUT2D eigenvalue weighted by Gasteiger charge is 2.27. The number of amides is 2. The fourth-order valence-electron chi connectivity index (χ4n) is 2.40. The quantitative estimate of drug-likeness (QED) is 0.871. The Morgan fingerprint density at radius 1 is 1.33 bits per heavy atom. The maximum atomic E-state index is 12.8. The molecular weight excluding hydrogens is 275 g/mol. The third-order valence-electron chi connectivity index (χ3n) is 3.68. The number of halogens is 1. The van der Waals surface area contributed by atoms with Gasteiger partial charge in [0.05, 0.1) is 12.6 Å². The highest BCUT2D eigenvalue weighted by Crippen LogP contribution is 2.16. The van der Waals surface area contributed by atoms with E-state index in [4.69, 9.17) is 0 Å². The van der Waals surface area contributed by atoms with Crippen LogP contribution in [-0.4, -0.2) is 47.1 Å². The van der Waals surface area contributed by atoms with Crippen molar-refractivity contribution in [3.8, 4) is 0 Å². The maximum absolute atomic E-state index is 12.8. The SMILES string of the molecule is CC1CCC(O)CN1C(=O)CNC(=O)c1ccc(F)cc1. The summed E-state index contributed by atoms with van der Waals surface area (Å²) in [5.41, 5.74) is 0.302. The standard InChI is InChI=1S/C15H19FN2O3/c1-10-2-7-13(19)9-18(10)14(20)8-17-15(21)11-3-5-12(16)6-4-11/h3-6,10,13,19H,2,7-9H2,1H3,(H,17,21). The number of hydrogen-bond acceptors (Lipinski definition) is 3.